The molecule has 0 N–H and O–H groups in total. The van der Waals surface area contributed by atoms with Crippen molar-refractivity contribution in [3.05, 3.63) is 12.2 Å². The Morgan fingerprint density at radius 1 is 1.60 bits per heavy atom. The molecule has 0 bridgehead atoms. The monoisotopic (exact) mass is 142 g/mol. The highest BCUT2D eigenvalue weighted by Gasteiger charge is 2.28. The van der Waals surface area contributed by atoms with Gasteiger partial charge >= 0.3 is 0 Å². The molecule has 0 radical (unpaired) electrons. The van der Waals surface area contributed by atoms with Crippen LogP contribution in [0, 0.1) is 5.92 Å². The van der Waals surface area contributed by atoms with Gasteiger partial charge in [-0.2, -0.15) is 0 Å². The lowest BCUT2D eigenvalue weighted by Gasteiger charge is -2.22. The van der Waals surface area contributed by atoms with Crippen LogP contribution in [0.15, 0.2) is 12.2 Å². The van der Waals surface area contributed by atoms with E-state index in [2.05, 4.69) is 0 Å². The number of hydrogen-bond acceptors (Lipinski definition) is 0. The molecule has 0 spiro atoms. The third-order valence-electron chi connectivity index (χ3n) is 2.42. The van der Waals surface area contributed by atoms with E-state index < -0.39 is 5.67 Å². The van der Waals surface area contributed by atoms with Gasteiger partial charge in [0.15, 0.2) is 0 Å². The smallest absolute Gasteiger partial charge is 0.128 e. The Morgan fingerprint density at radius 3 is 3.00 bits per heavy atom. The molecule has 0 nitrogen and oxygen atoms in total. The molecule has 58 valence electrons. The van der Waals surface area contributed by atoms with Crippen molar-refractivity contribution in [3.63, 3.8) is 0 Å². The average Bonchev–Trinajstić information content (AvgIpc) is 1.96. The molecule has 2 atom stereocenters. The lowest BCUT2D eigenvalue weighted by Crippen LogP contribution is -2.23. The number of hydrogen-bond donors (Lipinski definition) is 0. The van der Waals surface area contributed by atoms with Crippen molar-refractivity contribution in [1.29, 1.82) is 0 Å². The molecule has 0 aromatic heterocycles. The predicted octanol–water partition coefficient (Wildman–Crippen LogP) is 3.09. The van der Waals surface area contributed by atoms with E-state index in [4.69, 9.17) is 0 Å². The molecule has 0 heterocycles. The van der Waals surface area contributed by atoms with Gasteiger partial charge in [-0.05, 0) is 32.1 Å². The van der Waals surface area contributed by atoms with Crippen LogP contribution in [-0.4, -0.2) is 5.67 Å². The first-order chi connectivity index (χ1) is 4.63. The quantitative estimate of drug-likeness (QED) is 0.456. The minimum atomic E-state index is -1.06. The number of alkyl halides is 1. The highest BCUT2D eigenvalue weighted by atomic mass is 19.1. The van der Waals surface area contributed by atoms with E-state index >= 15 is 0 Å². The van der Waals surface area contributed by atoms with Crippen molar-refractivity contribution in [3.8, 4) is 0 Å². The SMILES string of the molecule is CC1CCCC=CC1(C)F. The summed E-state index contributed by atoms with van der Waals surface area (Å²) in [6.45, 7) is 3.65. The van der Waals surface area contributed by atoms with E-state index in [0.717, 1.165) is 19.3 Å². The van der Waals surface area contributed by atoms with Gasteiger partial charge in [0.05, 0.1) is 0 Å². The second-order valence-corrected chi connectivity index (χ2v) is 3.39. The molecule has 1 heteroatoms. The summed E-state index contributed by atoms with van der Waals surface area (Å²) in [4.78, 5) is 0. The van der Waals surface area contributed by atoms with Gasteiger partial charge in [-0.1, -0.05) is 19.1 Å². The molecule has 1 aliphatic carbocycles. The normalized spacial score (nSPS) is 41.3. The predicted molar refractivity (Wildman–Crippen MR) is 41.7 cm³/mol. The van der Waals surface area contributed by atoms with Gasteiger partial charge in [0.2, 0.25) is 0 Å². The van der Waals surface area contributed by atoms with Crippen LogP contribution in [0.4, 0.5) is 4.39 Å². The zero-order valence-electron chi connectivity index (χ0n) is 6.73. The van der Waals surface area contributed by atoms with Gasteiger partial charge in [-0.25, -0.2) is 4.39 Å². The Hall–Kier alpha value is -0.330. The fourth-order valence-corrected chi connectivity index (χ4v) is 1.30. The van der Waals surface area contributed by atoms with Gasteiger partial charge in [0.25, 0.3) is 0 Å². The molecule has 2 unspecified atom stereocenters. The first-order valence-electron chi connectivity index (χ1n) is 3.99. The van der Waals surface area contributed by atoms with E-state index in [1.54, 1.807) is 13.0 Å². The maximum atomic E-state index is 13.4. The number of halogens is 1. The van der Waals surface area contributed by atoms with Gasteiger partial charge in [0.1, 0.15) is 5.67 Å². The summed E-state index contributed by atoms with van der Waals surface area (Å²) in [6, 6.07) is 0. The van der Waals surface area contributed by atoms with Crippen molar-refractivity contribution in [2.45, 2.75) is 38.8 Å². The summed E-state index contributed by atoms with van der Waals surface area (Å²) in [5, 5.41) is 0. The van der Waals surface area contributed by atoms with Crippen LogP contribution in [0.2, 0.25) is 0 Å². The molecule has 1 rings (SSSR count). The molecular formula is C9H15F. The Labute approximate surface area is 62.1 Å². The summed E-state index contributed by atoms with van der Waals surface area (Å²) in [5.74, 6) is 0.186. The van der Waals surface area contributed by atoms with Gasteiger partial charge < -0.3 is 0 Å². The minimum absolute atomic E-state index is 0.186. The van der Waals surface area contributed by atoms with Crippen LogP contribution in [0.3, 0.4) is 0 Å². The topological polar surface area (TPSA) is 0 Å². The highest BCUT2D eigenvalue weighted by Crippen LogP contribution is 2.30. The van der Waals surface area contributed by atoms with Gasteiger partial charge in [-0.3, -0.25) is 0 Å². The van der Waals surface area contributed by atoms with Crippen LogP contribution in [0.5, 0.6) is 0 Å². The summed E-state index contributed by atoms with van der Waals surface area (Å²) >= 11 is 0. The summed E-state index contributed by atoms with van der Waals surface area (Å²) in [7, 11) is 0. The van der Waals surface area contributed by atoms with Crippen molar-refractivity contribution in [1.82, 2.24) is 0 Å². The molecule has 0 fully saturated rings. The van der Waals surface area contributed by atoms with Crippen LogP contribution < -0.4 is 0 Å². The van der Waals surface area contributed by atoms with Crippen LogP contribution >= 0.6 is 0 Å². The van der Waals surface area contributed by atoms with Crippen molar-refractivity contribution in [2.75, 3.05) is 0 Å². The molecule has 0 saturated heterocycles. The zero-order valence-corrected chi connectivity index (χ0v) is 6.73. The van der Waals surface area contributed by atoms with E-state index in [0.29, 0.717) is 0 Å². The molecular weight excluding hydrogens is 127 g/mol. The van der Waals surface area contributed by atoms with E-state index in [-0.39, 0.29) is 5.92 Å². The number of allylic oxidation sites excluding steroid dienone is 2. The summed E-state index contributed by atoms with van der Waals surface area (Å²) in [6.07, 6.45) is 6.87. The fraction of sp³-hybridized carbons (Fsp3) is 0.778. The molecule has 0 aliphatic heterocycles. The van der Waals surface area contributed by atoms with Crippen LogP contribution in [-0.2, 0) is 0 Å². The Bertz CT molecular complexity index is 136. The van der Waals surface area contributed by atoms with E-state index in [9.17, 15) is 4.39 Å². The van der Waals surface area contributed by atoms with Crippen molar-refractivity contribution < 1.29 is 4.39 Å². The Balaban J connectivity index is 2.67. The van der Waals surface area contributed by atoms with E-state index in [1.165, 1.54) is 0 Å². The third kappa shape index (κ3) is 1.59. The molecule has 0 aromatic rings. The van der Waals surface area contributed by atoms with Gasteiger partial charge in [-0.15, -0.1) is 0 Å². The van der Waals surface area contributed by atoms with Crippen molar-refractivity contribution >= 4 is 0 Å². The molecule has 0 amide bonds. The summed E-state index contributed by atoms with van der Waals surface area (Å²) in [5.41, 5.74) is -1.06. The standard InChI is InChI=1S/C9H15F/c1-8-6-4-3-5-7-9(8,2)10/h5,7-8H,3-4,6H2,1-2H3. The minimum Gasteiger partial charge on any atom is -0.239 e. The van der Waals surface area contributed by atoms with Crippen LogP contribution in [0.25, 0.3) is 0 Å². The van der Waals surface area contributed by atoms with Crippen molar-refractivity contribution in [2.24, 2.45) is 5.92 Å². The molecule has 0 aromatic carbocycles. The maximum Gasteiger partial charge on any atom is 0.128 e. The second-order valence-electron chi connectivity index (χ2n) is 3.39. The lowest BCUT2D eigenvalue weighted by atomic mass is 9.90. The zero-order chi connectivity index (χ0) is 7.61. The highest BCUT2D eigenvalue weighted by molar-refractivity contribution is 5.03. The molecule has 1 aliphatic rings. The molecule has 0 saturated carbocycles. The molecule has 10 heavy (non-hydrogen) atoms. The second kappa shape index (κ2) is 2.73. The Morgan fingerprint density at radius 2 is 2.30 bits per heavy atom. The van der Waals surface area contributed by atoms with Crippen LogP contribution in [0.1, 0.15) is 33.1 Å². The lowest BCUT2D eigenvalue weighted by molar-refractivity contribution is 0.166. The largest absolute Gasteiger partial charge is 0.239 e. The number of rotatable bonds is 0. The third-order valence-corrected chi connectivity index (χ3v) is 2.42. The van der Waals surface area contributed by atoms with E-state index in [1.807, 2.05) is 13.0 Å². The maximum absolute atomic E-state index is 13.4. The fourth-order valence-electron chi connectivity index (χ4n) is 1.30. The first kappa shape index (κ1) is 7.77. The first-order valence-corrected chi connectivity index (χ1v) is 3.99. The Kier molecular flexibility index (Phi) is 2.12. The van der Waals surface area contributed by atoms with Gasteiger partial charge in [0, 0.05) is 0 Å². The average molecular weight is 142 g/mol. The summed E-state index contributed by atoms with van der Waals surface area (Å²) < 4.78 is 13.4.